The summed E-state index contributed by atoms with van der Waals surface area (Å²) in [4.78, 5) is 4.30. The second-order valence-electron chi connectivity index (χ2n) is 5.87. The molecule has 0 bridgehead atoms. The molecule has 0 fully saturated rings. The van der Waals surface area contributed by atoms with E-state index in [0.717, 1.165) is 11.1 Å². The Bertz CT molecular complexity index is 977. The summed E-state index contributed by atoms with van der Waals surface area (Å²) in [7, 11) is -3.58. The Hall–Kier alpha value is -2.48. The second-order valence-corrected chi connectivity index (χ2v) is 7.60. The van der Waals surface area contributed by atoms with E-state index < -0.39 is 10.0 Å². The van der Waals surface area contributed by atoms with Crippen LogP contribution in [0.15, 0.2) is 70.4 Å². The zero-order valence-corrected chi connectivity index (χ0v) is 15.2. The summed E-state index contributed by atoms with van der Waals surface area (Å²) in [5.41, 5.74) is 0. The van der Waals surface area contributed by atoms with Crippen LogP contribution in [-0.2, 0) is 10.0 Å². The molecule has 0 aliphatic heterocycles. The molecule has 0 saturated heterocycles. The Morgan fingerprint density at radius 2 is 2.08 bits per heavy atom. The lowest BCUT2D eigenvalue weighted by Gasteiger charge is -2.12. The van der Waals surface area contributed by atoms with Crippen LogP contribution >= 0.6 is 0 Å². The number of rotatable bonds is 8. The van der Waals surface area contributed by atoms with Crippen molar-refractivity contribution in [2.24, 2.45) is 0 Å². The van der Waals surface area contributed by atoms with E-state index in [2.05, 4.69) is 15.0 Å². The predicted molar refractivity (Wildman–Crippen MR) is 102 cm³/mol. The number of nitrogens with zero attached hydrogens (tertiary/aromatic N) is 1. The molecule has 2 N–H and O–H groups in total. The Morgan fingerprint density at radius 3 is 2.88 bits per heavy atom. The zero-order valence-electron chi connectivity index (χ0n) is 14.4. The fraction of sp³-hybridized carbons (Fsp3) is 0.211. The summed E-state index contributed by atoms with van der Waals surface area (Å²) in [6.45, 7) is 2.80. The van der Waals surface area contributed by atoms with Gasteiger partial charge in [0.25, 0.3) is 0 Å². The number of pyridine rings is 1. The number of furan rings is 1. The van der Waals surface area contributed by atoms with E-state index >= 15 is 0 Å². The van der Waals surface area contributed by atoms with E-state index in [-0.39, 0.29) is 10.9 Å². The highest BCUT2D eigenvalue weighted by Gasteiger charge is 2.16. The minimum atomic E-state index is -3.58. The van der Waals surface area contributed by atoms with Crippen molar-refractivity contribution in [2.75, 3.05) is 13.1 Å². The summed E-state index contributed by atoms with van der Waals surface area (Å²) < 4.78 is 33.0. The van der Waals surface area contributed by atoms with Gasteiger partial charge in [0.05, 0.1) is 11.2 Å². The van der Waals surface area contributed by atoms with Crippen LogP contribution in [0.2, 0.25) is 0 Å². The Balaban J connectivity index is 1.55. The first-order chi connectivity index (χ1) is 12.6. The molecule has 0 radical (unpaired) electrons. The number of nitrogens with one attached hydrogen (secondary N) is 2. The van der Waals surface area contributed by atoms with E-state index in [1.807, 2.05) is 37.3 Å². The predicted octanol–water partition coefficient (Wildman–Crippen LogP) is 2.80. The average Bonchev–Trinajstić information content (AvgIpc) is 3.17. The molecule has 2 heterocycles. The van der Waals surface area contributed by atoms with E-state index in [9.17, 15) is 8.42 Å². The molecule has 3 aromatic rings. The van der Waals surface area contributed by atoms with Crippen LogP contribution < -0.4 is 10.0 Å². The normalized spacial score (nSPS) is 13.4. The quantitative estimate of drug-likeness (QED) is 0.595. The molecular formula is C19H21N3O3S. The first-order valence-electron chi connectivity index (χ1n) is 8.34. The number of hydrogen-bond acceptors (Lipinski definition) is 5. The Labute approximate surface area is 153 Å². The third kappa shape index (κ3) is 4.57. The number of aromatic nitrogens is 1. The summed E-state index contributed by atoms with van der Waals surface area (Å²) in [6, 6.07) is 10.7. The highest BCUT2D eigenvalue weighted by molar-refractivity contribution is 7.89. The lowest BCUT2D eigenvalue weighted by molar-refractivity contribution is 0.555. The smallest absolute Gasteiger partial charge is 0.241 e. The third-order valence-electron chi connectivity index (χ3n) is 3.91. The summed E-state index contributed by atoms with van der Waals surface area (Å²) in [5.74, 6) is 0.782. The van der Waals surface area contributed by atoms with E-state index in [1.54, 1.807) is 36.9 Å². The molecule has 136 valence electrons. The minimum absolute atomic E-state index is 0.0910. The number of fused-ring (bicyclic) bond motifs is 1. The molecule has 0 saturated carbocycles. The maximum absolute atomic E-state index is 12.6. The lowest BCUT2D eigenvalue weighted by Crippen LogP contribution is -2.35. The molecule has 1 atom stereocenters. The van der Waals surface area contributed by atoms with Gasteiger partial charge in [0, 0.05) is 42.3 Å². The third-order valence-corrected chi connectivity index (χ3v) is 5.43. The van der Waals surface area contributed by atoms with Crippen molar-refractivity contribution in [3.8, 4) is 0 Å². The van der Waals surface area contributed by atoms with Gasteiger partial charge in [-0.2, -0.15) is 0 Å². The molecule has 0 spiro atoms. The first-order valence-corrected chi connectivity index (χ1v) is 9.82. The molecule has 26 heavy (non-hydrogen) atoms. The van der Waals surface area contributed by atoms with Gasteiger partial charge in [0.1, 0.15) is 5.76 Å². The van der Waals surface area contributed by atoms with E-state index in [1.165, 1.54) is 0 Å². The van der Waals surface area contributed by atoms with Crippen LogP contribution in [0, 0.1) is 0 Å². The van der Waals surface area contributed by atoms with Crippen LogP contribution in [-0.4, -0.2) is 32.5 Å². The molecule has 6 nitrogen and oxygen atoms in total. The maximum Gasteiger partial charge on any atom is 0.241 e. The van der Waals surface area contributed by atoms with Gasteiger partial charge >= 0.3 is 0 Å². The van der Waals surface area contributed by atoms with Gasteiger partial charge < -0.3 is 9.73 Å². The lowest BCUT2D eigenvalue weighted by atomic mass is 10.2. The van der Waals surface area contributed by atoms with Crippen LogP contribution in [0.4, 0.5) is 0 Å². The molecule has 7 heteroatoms. The van der Waals surface area contributed by atoms with Gasteiger partial charge in [0.15, 0.2) is 0 Å². The van der Waals surface area contributed by atoms with Crippen molar-refractivity contribution >= 4 is 26.9 Å². The zero-order chi connectivity index (χ0) is 18.4. The molecule has 1 aromatic carbocycles. The highest BCUT2D eigenvalue weighted by Crippen LogP contribution is 2.21. The fourth-order valence-corrected chi connectivity index (χ4v) is 3.84. The van der Waals surface area contributed by atoms with Crippen molar-refractivity contribution in [3.63, 3.8) is 0 Å². The van der Waals surface area contributed by atoms with Crippen molar-refractivity contribution in [1.29, 1.82) is 0 Å². The maximum atomic E-state index is 12.6. The molecule has 1 unspecified atom stereocenters. The van der Waals surface area contributed by atoms with Crippen LogP contribution in [0.3, 0.4) is 0 Å². The van der Waals surface area contributed by atoms with Crippen LogP contribution in [0.5, 0.6) is 0 Å². The second kappa shape index (κ2) is 8.27. The standard InChI is InChI=1S/C19H21N3O3S/c1-15(7-8-17-5-3-13-25-17)21-11-12-22-26(23,24)19-6-2-4-16-14-20-10-9-18(16)19/h2-10,13-15,21-22H,11-12H2,1H3. The fourth-order valence-electron chi connectivity index (χ4n) is 2.58. The summed E-state index contributed by atoms with van der Waals surface area (Å²) in [5, 5.41) is 4.70. The minimum Gasteiger partial charge on any atom is -0.465 e. The van der Waals surface area contributed by atoms with Gasteiger partial charge in [0.2, 0.25) is 10.0 Å². The highest BCUT2D eigenvalue weighted by atomic mass is 32.2. The van der Waals surface area contributed by atoms with Gasteiger partial charge in [-0.15, -0.1) is 0 Å². The number of benzene rings is 1. The van der Waals surface area contributed by atoms with Crippen LogP contribution in [0.1, 0.15) is 12.7 Å². The average molecular weight is 371 g/mol. The van der Waals surface area contributed by atoms with Crippen molar-refractivity contribution in [2.45, 2.75) is 17.9 Å². The van der Waals surface area contributed by atoms with Gasteiger partial charge in [-0.25, -0.2) is 13.1 Å². The molecule has 0 aliphatic carbocycles. The molecule has 0 amide bonds. The van der Waals surface area contributed by atoms with Crippen molar-refractivity contribution in [3.05, 3.63) is 66.9 Å². The Morgan fingerprint density at radius 1 is 1.19 bits per heavy atom. The topological polar surface area (TPSA) is 84.2 Å². The molecule has 0 aliphatic rings. The molecule has 3 rings (SSSR count). The van der Waals surface area contributed by atoms with Gasteiger partial charge in [-0.05, 0) is 37.3 Å². The monoisotopic (exact) mass is 371 g/mol. The SMILES string of the molecule is CC(C=Cc1ccco1)NCCNS(=O)(=O)c1cccc2cnccc12. The van der Waals surface area contributed by atoms with Gasteiger partial charge in [-0.1, -0.05) is 18.2 Å². The van der Waals surface area contributed by atoms with Crippen molar-refractivity contribution in [1.82, 2.24) is 15.0 Å². The molecular weight excluding hydrogens is 350 g/mol. The number of sulfonamides is 1. The number of hydrogen-bond donors (Lipinski definition) is 2. The summed E-state index contributed by atoms with van der Waals surface area (Å²) >= 11 is 0. The largest absolute Gasteiger partial charge is 0.465 e. The van der Waals surface area contributed by atoms with E-state index in [4.69, 9.17) is 4.42 Å². The van der Waals surface area contributed by atoms with E-state index in [0.29, 0.717) is 18.5 Å². The Kier molecular flexibility index (Phi) is 5.82. The first kappa shape index (κ1) is 18.3. The van der Waals surface area contributed by atoms with Crippen LogP contribution in [0.25, 0.3) is 16.8 Å². The molecule has 2 aromatic heterocycles. The van der Waals surface area contributed by atoms with Gasteiger partial charge in [-0.3, -0.25) is 4.98 Å². The summed E-state index contributed by atoms with van der Waals surface area (Å²) in [6.07, 6.45) is 8.71. The van der Waals surface area contributed by atoms with Crippen molar-refractivity contribution < 1.29 is 12.8 Å².